The maximum atomic E-state index is 13.1. The van der Waals surface area contributed by atoms with Crippen molar-refractivity contribution in [2.24, 2.45) is 0 Å². The van der Waals surface area contributed by atoms with Crippen molar-refractivity contribution in [3.05, 3.63) is 59.5 Å². The van der Waals surface area contributed by atoms with E-state index in [4.69, 9.17) is 14.0 Å². The fraction of sp³-hybridized carbons (Fsp3) is 0.286. The molecule has 31 heavy (non-hydrogen) atoms. The molecule has 3 aromatic rings. The van der Waals surface area contributed by atoms with E-state index in [0.717, 1.165) is 18.6 Å². The smallest absolute Gasteiger partial charge is 0.416 e. The van der Waals surface area contributed by atoms with E-state index < -0.39 is 17.8 Å². The monoisotopic (exact) mass is 431 g/mol. The molecule has 10 heteroatoms. The van der Waals surface area contributed by atoms with Gasteiger partial charge in [0.2, 0.25) is 18.5 Å². The third kappa shape index (κ3) is 3.58. The van der Waals surface area contributed by atoms with Crippen LogP contribution in [-0.4, -0.2) is 34.3 Å². The molecule has 0 spiro atoms. The first-order valence-corrected chi connectivity index (χ1v) is 9.62. The molecule has 2 aromatic carbocycles. The van der Waals surface area contributed by atoms with Gasteiger partial charge >= 0.3 is 6.18 Å². The van der Waals surface area contributed by atoms with Crippen LogP contribution in [0.3, 0.4) is 0 Å². The first-order valence-electron chi connectivity index (χ1n) is 9.62. The minimum absolute atomic E-state index is 0.0449. The summed E-state index contributed by atoms with van der Waals surface area (Å²) in [7, 11) is 0. The summed E-state index contributed by atoms with van der Waals surface area (Å²) in [5, 5.41) is 3.84. The first-order chi connectivity index (χ1) is 14.9. The lowest BCUT2D eigenvalue weighted by molar-refractivity contribution is -0.137. The standard InChI is InChI=1S/C21H16F3N3O4/c22-21(23,24)14-4-1-3-12(9-14)18-25-19(31-26-18)15-5-2-8-27(15)20(28)13-6-7-16-17(10-13)30-11-29-16/h1,3-4,6-7,9-10,15H,2,5,8,11H2/t15-/m1/s1. The highest BCUT2D eigenvalue weighted by Gasteiger charge is 2.35. The lowest BCUT2D eigenvalue weighted by atomic mass is 10.1. The van der Waals surface area contributed by atoms with Crippen LogP contribution in [0.15, 0.2) is 47.0 Å². The van der Waals surface area contributed by atoms with Crippen molar-refractivity contribution in [1.82, 2.24) is 15.0 Å². The summed E-state index contributed by atoms with van der Waals surface area (Å²) in [5.41, 5.74) is -0.165. The van der Waals surface area contributed by atoms with Crippen molar-refractivity contribution in [2.75, 3.05) is 13.3 Å². The summed E-state index contributed by atoms with van der Waals surface area (Å²) < 4.78 is 54.9. The number of nitrogens with zero attached hydrogens (tertiary/aromatic N) is 3. The normalized spacial score (nSPS) is 17.9. The van der Waals surface area contributed by atoms with Crippen molar-refractivity contribution >= 4 is 5.91 Å². The van der Waals surface area contributed by atoms with E-state index in [2.05, 4.69) is 10.1 Å². The lowest BCUT2D eigenvalue weighted by Gasteiger charge is -2.22. The number of carbonyl (C=O) groups is 1. The van der Waals surface area contributed by atoms with Crippen LogP contribution in [0.4, 0.5) is 13.2 Å². The van der Waals surface area contributed by atoms with Gasteiger partial charge in [-0.25, -0.2) is 0 Å². The highest BCUT2D eigenvalue weighted by atomic mass is 19.4. The van der Waals surface area contributed by atoms with Crippen LogP contribution in [0.1, 0.15) is 40.7 Å². The molecule has 1 aromatic heterocycles. The maximum Gasteiger partial charge on any atom is 0.416 e. The quantitative estimate of drug-likeness (QED) is 0.609. The molecular weight excluding hydrogens is 415 g/mol. The highest BCUT2D eigenvalue weighted by molar-refractivity contribution is 5.95. The number of alkyl halides is 3. The number of benzene rings is 2. The Morgan fingerprint density at radius 2 is 1.94 bits per heavy atom. The molecule has 0 bridgehead atoms. The molecule has 0 unspecified atom stereocenters. The molecule has 2 aliphatic rings. The minimum Gasteiger partial charge on any atom is -0.454 e. The van der Waals surface area contributed by atoms with Crippen LogP contribution < -0.4 is 9.47 Å². The number of fused-ring (bicyclic) bond motifs is 1. The number of ether oxygens (including phenoxy) is 2. The molecular formula is C21H16F3N3O4. The second kappa shape index (κ2) is 7.29. The largest absolute Gasteiger partial charge is 0.454 e. The summed E-state index contributed by atoms with van der Waals surface area (Å²) in [6.45, 7) is 0.610. The van der Waals surface area contributed by atoms with E-state index in [9.17, 15) is 18.0 Å². The second-order valence-electron chi connectivity index (χ2n) is 7.26. The topological polar surface area (TPSA) is 77.7 Å². The van der Waals surface area contributed by atoms with Gasteiger partial charge < -0.3 is 18.9 Å². The number of carbonyl (C=O) groups excluding carboxylic acids is 1. The van der Waals surface area contributed by atoms with Gasteiger partial charge in [-0.15, -0.1) is 0 Å². The summed E-state index contributed by atoms with van der Waals surface area (Å²) >= 11 is 0. The average molecular weight is 431 g/mol. The summed E-state index contributed by atoms with van der Waals surface area (Å²) in [4.78, 5) is 19.0. The van der Waals surface area contributed by atoms with Gasteiger partial charge in [-0.1, -0.05) is 17.3 Å². The van der Waals surface area contributed by atoms with E-state index in [1.54, 1.807) is 23.1 Å². The molecule has 7 nitrogen and oxygen atoms in total. The predicted octanol–water partition coefficient (Wildman–Crippen LogP) is 4.46. The SMILES string of the molecule is O=C(c1ccc2c(c1)OCO2)N1CCC[C@@H]1c1nc(-c2cccc(C(F)(F)F)c2)no1. The number of hydrogen-bond acceptors (Lipinski definition) is 6. The molecule has 1 saturated heterocycles. The summed E-state index contributed by atoms with van der Waals surface area (Å²) in [6.07, 6.45) is -3.12. The minimum atomic E-state index is -4.47. The molecule has 0 N–H and O–H groups in total. The zero-order chi connectivity index (χ0) is 21.6. The van der Waals surface area contributed by atoms with Crippen LogP contribution >= 0.6 is 0 Å². The molecule has 160 valence electrons. The second-order valence-corrected chi connectivity index (χ2v) is 7.26. The Hall–Kier alpha value is -3.56. The molecule has 2 aliphatic heterocycles. The van der Waals surface area contributed by atoms with E-state index in [1.807, 2.05) is 0 Å². The zero-order valence-electron chi connectivity index (χ0n) is 16.1. The maximum absolute atomic E-state index is 13.1. The number of hydrogen-bond donors (Lipinski definition) is 0. The molecule has 1 atom stereocenters. The average Bonchev–Trinajstić information content (AvgIpc) is 3.52. The predicted molar refractivity (Wildman–Crippen MR) is 100 cm³/mol. The first kappa shape index (κ1) is 19.4. The molecule has 0 radical (unpaired) electrons. The van der Waals surface area contributed by atoms with Crippen LogP contribution in [0.5, 0.6) is 11.5 Å². The van der Waals surface area contributed by atoms with Crippen molar-refractivity contribution in [3.8, 4) is 22.9 Å². The van der Waals surface area contributed by atoms with Crippen LogP contribution in [0, 0.1) is 0 Å². The van der Waals surface area contributed by atoms with Gasteiger partial charge in [0.05, 0.1) is 5.56 Å². The Morgan fingerprint density at radius 1 is 1.10 bits per heavy atom. The Kier molecular flexibility index (Phi) is 4.57. The van der Waals surface area contributed by atoms with E-state index >= 15 is 0 Å². The van der Waals surface area contributed by atoms with Crippen LogP contribution in [-0.2, 0) is 6.18 Å². The third-order valence-electron chi connectivity index (χ3n) is 5.31. The Labute approximate surface area is 174 Å². The van der Waals surface area contributed by atoms with Crippen molar-refractivity contribution < 1.29 is 32.0 Å². The fourth-order valence-corrected chi connectivity index (χ4v) is 3.78. The highest BCUT2D eigenvalue weighted by Crippen LogP contribution is 2.37. The Bertz CT molecular complexity index is 1140. The number of rotatable bonds is 3. The summed E-state index contributed by atoms with van der Waals surface area (Å²) in [5.74, 6) is 1.10. The molecule has 1 amide bonds. The molecule has 1 fully saturated rings. The van der Waals surface area contributed by atoms with Gasteiger partial charge in [0.15, 0.2) is 11.5 Å². The van der Waals surface area contributed by atoms with Crippen molar-refractivity contribution in [1.29, 1.82) is 0 Å². The van der Waals surface area contributed by atoms with E-state index in [1.165, 1.54) is 12.1 Å². The van der Waals surface area contributed by atoms with Crippen LogP contribution in [0.2, 0.25) is 0 Å². The van der Waals surface area contributed by atoms with Crippen molar-refractivity contribution in [2.45, 2.75) is 25.1 Å². The van der Waals surface area contributed by atoms with Gasteiger partial charge in [-0.05, 0) is 43.2 Å². The number of amides is 1. The number of likely N-dealkylation sites (tertiary alicyclic amines) is 1. The number of aromatic nitrogens is 2. The summed E-state index contributed by atoms with van der Waals surface area (Å²) in [6, 6.07) is 9.23. The van der Waals surface area contributed by atoms with Gasteiger partial charge in [-0.3, -0.25) is 4.79 Å². The van der Waals surface area contributed by atoms with Crippen molar-refractivity contribution in [3.63, 3.8) is 0 Å². The lowest BCUT2D eigenvalue weighted by Crippen LogP contribution is -2.30. The van der Waals surface area contributed by atoms with E-state index in [0.29, 0.717) is 30.0 Å². The van der Waals surface area contributed by atoms with E-state index in [-0.39, 0.29) is 30.0 Å². The van der Waals surface area contributed by atoms with Gasteiger partial charge in [0.1, 0.15) is 6.04 Å². The Morgan fingerprint density at radius 3 is 2.77 bits per heavy atom. The zero-order valence-corrected chi connectivity index (χ0v) is 16.1. The van der Waals surface area contributed by atoms with Gasteiger partial charge in [0, 0.05) is 17.7 Å². The number of halogens is 3. The Balaban J connectivity index is 1.39. The molecule has 0 saturated carbocycles. The van der Waals surface area contributed by atoms with Gasteiger partial charge in [0.25, 0.3) is 5.91 Å². The third-order valence-corrected chi connectivity index (χ3v) is 5.31. The molecule has 3 heterocycles. The van der Waals surface area contributed by atoms with Gasteiger partial charge in [-0.2, -0.15) is 18.2 Å². The molecule has 0 aliphatic carbocycles. The van der Waals surface area contributed by atoms with Crippen LogP contribution in [0.25, 0.3) is 11.4 Å². The fourth-order valence-electron chi connectivity index (χ4n) is 3.78. The molecule has 5 rings (SSSR count).